The zero-order chi connectivity index (χ0) is 10.2. The van der Waals surface area contributed by atoms with E-state index in [1.54, 1.807) is 0 Å². The molecule has 0 saturated heterocycles. The summed E-state index contributed by atoms with van der Waals surface area (Å²) < 4.78 is 5.60. The molecule has 0 radical (unpaired) electrons. The molecule has 0 spiro atoms. The van der Waals surface area contributed by atoms with E-state index in [2.05, 4.69) is 12.6 Å². The molecule has 14 heavy (non-hydrogen) atoms. The lowest BCUT2D eigenvalue weighted by molar-refractivity contribution is 0.359. The molecule has 1 aromatic carbocycles. The lowest BCUT2D eigenvalue weighted by Gasteiger charge is -2.07. The van der Waals surface area contributed by atoms with Crippen molar-refractivity contribution >= 4 is 0 Å². The zero-order valence-corrected chi connectivity index (χ0v) is 8.57. The highest BCUT2D eigenvalue weighted by Crippen LogP contribution is 2.18. The van der Waals surface area contributed by atoms with Crippen LogP contribution in [-0.2, 0) is 6.42 Å². The van der Waals surface area contributed by atoms with Gasteiger partial charge in [-0.1, -0.05) is 36.4 Å². The molecular formula is C13H16O. The van der Waals surface area contributed by atoms with Gasteiger partial charge in [-0.3, -0.25) is 0 Å². The van der Waals surface area contributed by atoms with Gasteiger partial charge in [-0.05, 0) is 25.0 Å². The molecule has 1 nitrogen and oxygen atoms in total. The van der Waals surface area contributed by atoms with Crippen molar-refractivity contribution in [1.29, 1.82) is 0 Å². The molecule has 74 valence electrons. The lowest BCUT2D eigenvalue weighted by Crippen LogP contribution is -1.96. The summed E-state index contributed by atoms with van der Waals surface area (Å²) in [6.45, 7) is 6.34. The molecule has 0 unspecified atom stereocenters. The number of rotatable bonds is 5. The molecule has 1 heteroatoms. The highest BCUT2D eigenvalue weighted by molar-refractivity contribution is 5.34. The van der Waals surface area contributed by atoms with E-state index < -0.39 is 0 Å². The highest BCUT2D eigenvalue weighted by atomic mass is 16.5. The van der Waals surface area contributed by atoms with Crippen molar-refractivity contribution in [1.82, 2.24) is 0 Å². The average Bonchev–Trinajstić information content (AvgIpc) is 2.21. The Morgan fingerprint density at radius 3 is 2.86 bits per heavy atom. The van der Waals surface area contributed by atoms with Gasteiger partial charge in [-0.15, -0.1) is 6.58 Å². The van der Waals surface area contributed by atoms with Gasteiger partial charge in [0.2, 0.25) is 0 Å². The van der Waals surface area contributed by atoms with E-state index in [0.717, 1.165) is 12.2 Å². The van der Waals surface area contributed by atoms with Gasteiger partial charge in [-0.2, -0.15) is 0 Å². The largest absolute Gasteiger partial charge is 0.489 e. The summed E-state index contributed by atoms with van der Waals surface area (Å²) in [5.41, 5.74) is 1.19. The van der Waals surface area contributed by atoms with Crippen molar-refractivity contribution < 1.29 is 4.74 Å². The molecule has 1 rings (SSSR count). The lowest BCUT2D eigenvalue weighted by atomic mass is 10.1. The number of benzene rings is 1. The Labute approximate surface area is 85.7 Å². The molecule has 0 aliphatic carbocycles. The third-order valence-electron chi connectivity index (χ3n) is 1.91. The molecule has 0 saturated carbocycles. The van der Waals surface area contributed by atoms with Crippen LogP contribution in [-0.4, -0.2) is 6.61 Å². The normalized spacial score (nSPS) is 10.4. The SMILES string of the molecule is C=CCc1ccccc1OCC=CC. The summed E-state index contributed by atoms with van der Waals surface area (Å²) in [6.07, 6.45) is 6.71. The van der Waals surface area contributed by atoms with Crippen LogP contribution in [0.5, 0.6) is 5.75 Å². The fourth-order valence-corrected chi connectivity index (χ4v) is 1.20. The third kappa shape index (κ3) is 3.09. The summed E-state index contributed by atoms with van der Waals surface area (Å²) >= 11 is 0. The van der Waals surface area contributed by atoms with Gasteiger partial charge in [0, 0.05) is 0 Å². The van der Waals surface area contributed by atoms with Gasteiger partial charge >= 0.3 is 0 Å². The second-order valence-electron chi connectivity index (χ2n) is 2.98. The van der Waals surface area contributed by atoms with Crippen LogP contribution in [0.25, 0.3) is 0 Å². The Kier molecular flexibility index (Phi) is 4.56. The van der Waals surface area contributed by atoms with E-state index in [4.69, 9.17) is 4.74 Å². The minimum absolute atomic E-state index is 0.630. The zero-order valence-electron chi connectivity index (χ0n) is 8.57. The van der Waals surface area contributed by atoms with Gasteiger partial charge in [0.1, 0.15) is 12.4 Å². The van der Waals surface area contributed by atoms with E-state index in [-0.39, 0.29) is 0 Å². The van der Waals surface area contributed by atoms with Crippen LogP contribution < -0.4 is 4.74 Å². The number of hydrogen-bond donors (Lipinski definition) is 0. The Hall–Kier alpha value is -1.50. The molecule has 0 amide bonds. The van der Waals surface area contributed by atoms with E-state index >= 15 is 0 Å². The molecule has 0 N–H and O–H groups in total. The monoisotopic (exact) mass is 188 g/mol. The van der Waals surface area contributed by atoms with Crippen LogP contribution in [0.4, 0.5) is 0 Å². The summed E-state index contributed by atoms with van der Waals surface area (Å²) in [5.74, 6) is 0.950. The maximum Gasteiger partial charge on any atom is 0.123 e. The minimum atomic E-state index is 0.630. The van der Waals surface area contributed by atoms with Gasteiger partial charge in [0.05, 0.1) is 0 Å². The maximum atomic E-state index is 5.60. The molecule has 0 aliphatic heterocycles. The van der Waals surface area contributed by atoms with E-state index in [9.17, 15) is 0 Å². The maximum absolute atomic E-state index is 5.60. The summed E-state index contributed by atoms with van der Waals surface area (Å²) in [5, 5.41) is 0. The van der Waals surface area contributed by atoms with E-state index in [1.165, 1.54) is 5.56 Å². The Balaban J connectivity index is 2.68. The Bertz CT molecular complexity index is 313. The predicted octanol–water partition coefficient (Wildman–Crippen LogP) is 3.37. The third-order valence-corrected chi connectivity index (χ3v) is 1.91. The molecule has 0 heterocycles. The first kappa shape index (κ1) is 10.6. The number of allylic oxidation sites excluding steroid dienone is 2. The summed E-state index contributed by atoms with van der Waals surface area (Å²) in [6, 6.07) is 8.05. The van der Waals surface area contributed by atoms with Crippen molar-refractivity contribution in [3.05, 3.63) is 54.6 Å². The van der Waals surface area contributed by atoms with E-state index in [1.807, 2.05) is 43.4 Å². The molecule has 0 aliphatic rings. The molecule has 0 fully saturated rings. The standard InChI is InChI=1S/C13H16O/c1-3-5-11-14-13-10-7-6-9-12(13)8-4-2/h3-7,9-10H,2,8,11H2,1H3. The molecule has 0 aromatic heterocycles. The molecule has 1 aromatic rings. The highest BCUT2D eigenvalue weighted by Gasteiger charge is 1.98. The van der Waals surface area contributed by atoms with Gasteiger partial charge in [0.15, 0.2) is 0 Å². The predicted molar refractivity (Wildman–Crippen MR) is 60.7 cm³/mol. The smallest absolute Gasteiger partial charge is 0.123 e. The first-order valence-corrected chi connectivity index (χ1v) is 4.81. The first-order valence-electron chi connectivity index (χ1n) is 4.81. The summed E-state index contributed by atoms with van der Waals surface area (Å²) in [4.78, 5) is 0. The Morgan fingerprint density at radius 2 is 2.14 bits per heavy atom. The number of ether oxygens (including phenoxy) is 1. The second-order valence-corrected chi connectivity index (χ2v) is 2.98. The molecule has 0 atom stereocenters. The van der Waals surface area contributed by atoms with Crippen LogP contribution in [0.2, 0.25) is 0 Å². The molecule has 0 bridgehead atoms. The van der Waals surface area contributed by atoms with Crippen molar-refractivity contribution in [2.24, 2.45) is 0 Å². The van der Waals surface area contributed by atoms with Crippen molar-refractivity contribution in [2.75, 3.05) is 6.61 Å². The van der Waals surface area contributed by atoms with Gasteiger partial charge < -0.3 is 4.74 Å². The minimum Gasteiger partial charge on any atom is -0.489 e. The van der Waals surface area contributed by atoms with Crippen LogP contribution >= 0.6 is 0 Å². The van der Waals surface area contributed by atoms with Crippen LogP contribution in [0.3, 0.4) is 0 Å². The van der Waals surface area contributed by atoms with E-state index in [0.29, 0.717) is 6.61 Å². The van der Waals surface area contributed by atoms with Gasteiger partial charge in [-0.25, -0.2) is 0 Å². The molecular weight excluding hydrogens is 172 g/mol. The average molecular weight is 188 g/mol. The first-order chi connectivity index (χ1) is 6.88. The van der Waals surface area contributed by atoms with Crippen molar-refractivity contribution in [2.45, 2.75) is 13.3 Å². The van der Waals surface area contributed by atoms with Crippen LogP contribution in [0.1, 0.15) is 12.5 Å². The fraction of sp³-hybridized carbons (Fsp3) is 0.231. The van der Waals surface area contributed by atoms with Crippen LogP contribution in [0, 0.1) is 0 Å². The van der Waals surface area contributed by atoms with Crippen molar-refractivity contribution in [3.8, 4) is 5.75 Å². The Morgan fingerprint density at radius 1 is 1.36 bits per heavy atom. The number of hydrogen-bond acceptors (Lipinski definition) is 1. The number of para-hydroxylation sites is 1. The second kappa shape index (κ2) is 6.03. The quantitative estimate of drug-likeness (QED) is 0.644. The summed E-state index contributed by atoms with van der Waals surface area (Å²) in [7, 11) is 0. The fourth-order valence-electron chi connectivity index (χ4n) is 1.20. The topological polar surface area (TPSA) is 9.23 Å². The van der Waals surface area contributed by atoms with Gasteiger partial charge in [0.25, 0.3) is 0 Å². The van der Waals surface area contributed by atoms with Crippen molar-refractivity contribution in [3.63, 3.8) is 0 Å². The van der Waals surface area contributed by atoms with Crippen LogP contribution in [0.15, 0.2) is 49.1 Å².